The lowest BCUT2D eigenvalue weighted by atomic mass is 9.98. The summed E-state index contributed by atoms with van der Waals surface area (Å²) < 4.78 is 24.7. The first kappa shape index (κ1) is 25.6. The van der Waals surface area contributed by atoms with E-state index in [1.165, 1.54) is 18.4 Å². The van der Waals surface area contributed by atoms with Gasteiger partial charge in [0.2, 0.25) is 5.89 Å². The Bertz CT molecular complexity index is 1170. The Hall–Kier alpha value is -3.52. The van der Waals surface area contributed by atoms with Crippen molar-refractivity contribution in [3.8, 4) is 0 Å². The summed E-state index contributed by atoms with van der Waals surface area (Å²) in [6.45, 7) is 5.87. The smallest absolute Gasteiger partial charge is 0.310 e. The van der Waals surface area contributed by atoms with Gasteiger partial charge in [-0.25, -0.2) is 9.37 Å². The van der Waals surface area contributed by atoms with E-state index in [1.54, 1.807) is 17.9 Å². The summed E-state index contributed by atoms with van der Waals surface area (Å²) in [6.07, 6.45) is 2.81. The minimum Gasteiger partial charge on any atom is -0.466 e. The fourth-order valence-corrected chi connectivity index (χ4v) is 4.57. The average molecular weight is 494 g/mol. The van der Waals surface area contributed by atoms with Gasteiger partial charge in [0.05, 0.1) is 19.1 Å². The van der Waals surface area contributed by atoms with Crippen LogP contribution in [0.25, 0.3) is 0 Å². The first-order chi connectivity index (χ1) is 17.4. The molecule has 1 aliphatic heterocycles. The van der Waals surface area contributed by atoms with Crippen LogP contribution >= 0.6 is 0 Å². The third kappa shape index (κ3) is 6.37. The molecule has 0 saturated carbocycles. The van der Waals surface area contributed by atoms with Gasteiger partial charge in [0, 0.05) is 25.7 Å². The van der Waals surface area contributed by atoms with Crippen LogP contribution in [0.5, 0.6) is 0 Å². The normalized spacial score (nSPS) is 16.7. The Kier molecular flexibility index (Phi) is 8.48. The predicted molar refractivity (Wildman–Crippen MR) is 132 cm³/mol. The zero-order valence-electron chi connectivity index (χ0n) is 20.7. The van der Waals surface area contributed by atoms with Crippen molar-refractivity contribution in [3.63, 3.8) is 0 Å². The predicted octanol–water partition coefficient (Wildman–Crippen LogP) is 4.99. The van der Waals surface area contributed by atoms with E-state index >= 15 is 0 Å². The molecular formula is C28H32FN3O4. The van der Waals surface area contributed by atoms with Crippen LogP contribution in [0.4, 0.5) is 4.39 Å². The molecule has 2 aromatic carbocycles. The maximum Gasteiger partial charge on any atom is 0.310 e. The van der Waals surface area contributed by atoms with E-state index in [0.29, 0.717) is 45.1 Å². The Labute approximate surface area is 210 Å². The van der Waals surface area contributed by atoms with E-state index < -0.39 is 0 Å². The molecule has 0 radical (unpaired) electrons. The van der Waals surface area contributed by atoms with Crippen molar-refractivity contribution >= 4 is 11.9 Å². The molecule has 1 aromatic heterocycles. The number of aromatic nitrogens is 1. The Morgan fingerprint density at radius 2 is 2.00 bits per heavy atom. The van der Waals surface area contributed by atoms with Crippen LogP contribution in [0.15, 0.2) is 65.3 Å². The van der Waals surface area contributed by atoms with E-state index in [9.17, 15) is 14.0 Å². The summed E-state index contributed by atoms with van der Waals surface area (Å²) >= 11 is 0. The highest BCUT2D eigenvalue weighted by Gasteiger charge is 2.31. The Morgan fingerprint density at radius 3 is 2.75 bits per heavy atom. The van der Waals surface area contributed by atoms with Crippen molar-refractivity contribution in [1.29, 1.82) is 0 Å². The van der Waals surface area contributed by atoms with Crippen LogP contribution in [-0.2, 0) is 22.6 Å². The van der Waals surface area contributed by atoms with Crippen LogP contribution < -0.4 is 0 Å². The molecule has 3 aromatic rings. The topological polar surface area (TPSA) is 75.9 Å². The van der Waals surface area contributed by atoms with Crippen LogP contribution in [-0.4, -0.2) is 46.4 Å². The van der Waals surface area contributed by atoms with E-state index in [-0.39, 0.29) is 35.3 Å². The molecule has 2 heterocycles. The summed E-state index contributed by atoms with van der Waals surface area (Å²) in [7, 11) is 0. The average Bonchev–Trinajstić information content (AvgIpc) is 3.37. The van der Waals surface area contributed by atoms with E-state index in [4.69, 9.17) is 9.15 Å². The second kappa shape index (κ2) is 11.9. The van der Waals surface area contributed by atoms with Gasteiger partial charge in [-0.2, -0.15) is 0 Å². The lowest BCUT2D eigenvalue weighted by molar-refractivity contribution is -0.149. The third-order valence-corrected chi connectivity index (χ3v) is 6.54. The number of amides is 1. The van der Waals surface area contributed by atoms with Crippen molar-refractivity contribution in [3.05, 3.63) is 89.4 Å². The number of esters is 1. The van der Waals surface area contributed by atoms with E-state index in [0.717, 1.165) is 17.5 Å². The molecule has 2 atom stereocenters. The fraction of sp³-hybridized carbons (Fsp3) is 0.393. The van der Waals surface area contributed by atoms with Gasteiger partial charge in [0.1, 0.15) is 12.1 Å². The summed E-state index contributed by atoms with van der Waals surface area (Å²) in [5, 5.41) is 0. The van der Waals surface area contributed by atoms with Crippen LogP contribution in [0, 0.1) is 11.7 Å². The fourth-order valence-electron chi connectivity index (χ4n) is 4.57. The third-order valence-electron chi connectivity index (χ3n) is 6.54. The number of carbonyl (C=O) groups is 2. The van der Waals surface area contributed by atoms with Crippen molar-refractivity contribution in [2.75, 3.05) is 19.7 Å². The number of likely N-dealkylation sites (tertiary alicyclic amines) is 1. The molecule has 1 fully saturated rings. The zero-order chi connectivity index (χ0) is 25.5. The number of benzene rings is 2. The van der Waals surface area contributed by atoms with Crippen molar-refractivity contribution in [2.24, 2.45) is 5.92 Å². The first-order valence-electron chi connectivity index (χ1n) is 12.4. The number of halogens is 1. The highest BCUT2D eigenvalue weighted by atomic mass is 19.1. The van der Waals surface area contributed by atoms with Gasteiger partial charge in [0.25, 0.3) is 5.91 Å². The Morgan fingerprint density at radius 1 is 1.19 bits per heavy atom. The molecule has 1 amide bonds. The zero-order valence-corrected chi connectivity index (χ0v) is 20.7. The second-order valence-corrected chi connectivity index (χ2v) is 9.09. The lowest BCUT2D eigenvalue weighted by Crippen LogP contribution is -2.43. The molecule has 4 rings (SSSR count). The minimum absolute atomic E-state index is 0.00653. The highest BCUT2D eigenvalue weighted by molar-refractivity contribution is 5.92. The molecule has 0 N–H and O–H groups in total. The van der Waals surface area contributed by atoms with Crippen molar-refractivity contribution in [2.45, 2.75) is 45.8 Å². The van der Waals surface area contributed by atoms with Crippen LogP contribution in [0.2, 0.25) is 0 Å². The van der Waals surface area contributed by atoms with Crippen LogP contribution in [0.1, 0.15) is 60.2 Å². The van der Waals surface area contributed by atoms with E-state index in [1.807, 2.05) is 36.4 Å². The molecule has 0 spiro atoms. The molecule has 0 bridgehead atoms. The summed E-state index contributed by atoms with van der Waals surface area (Å²) in [4.78, 5) is 33.5. The molecular weight excluding hydrogens is 461 g/mol. The maximum atomic E-state index is 13.8. The summed E-state index contributed by atoms with van der Waals surface area (Å²) in [5.41, 5.74) is 2.15. The number of nitrogens with zero attached hydrogens (tertiary/aromatic N) is 3. The molecule has 0 aliphatic carbocycles. The number of oxazole rings is 1. The number of carbonyl (C=O) groups excluding carboxylic acids is 2. The van der Waals surface area contributed by atoms with Crippen LogP contribution in [0.3, 0.4) is 0 Å². The first-order valence-corrected chi connectivity index (χ1v) is 12.4. The molecule has 36 heavy (non-hydrogen) atoms. The monoisotopic (exact) mass is 493 g/mol. The van der Waals surface area contributed by atoms with Crippen molar-refractivity contribution < 1.29 is 23.1 Å². The molecule has 0 unspecified atom stereocenters. The molecule has 8 heteroatoms. The standard InChI is InChI=1S/C28H32FN3O4/c1-3-35-28(34)23-12-8-14-31(17-23)27(33)25-19-36-26(30-25)18-32(16-21-9-7-13-24(29)15-21)20(2)22-10-5-4-6-11-22/h4-7,9-11,13,15,19-20,23H,3,8,12,14,16-18H2,1-2H3/t20-,23+/m1/s1. The highest BCUT2D eigenvalue weighted by Crippen LogP contribution is 2.25. The lowest BCUT2D eigenvalue weighted by Gasteiger charge is -2.31. The van der Waals surface area contributed by atoms with Gasteiger partial charge in [-0.1, -0.05) is 42.5 Å². The number of ether oxygens (including phenoxy) is 1. The number of piperidine rings is 1. The van der Waals surface area contributed by atoms with Gasteiger partial charge in [-0.05, 0) is 49.9 Å². The molecule has 1 aliphatic rings. The maximum absolute atomic E-state index is 13.8. The molecule has 190 valence electrons. The summed E-state index contributed by atoms with van der Waals surface area (Å²) in [5.74, 6) is -0.726. The van der Waals surface area contributed by atoms with Gasteiger partial charge < -0.3 is 14.1 Å². The van der Waals surface area contributed by atoms with Gasteiger partial charge >= 0.3 is 5.97 Å². The summed E-state index contributed by atoms with van der Waals surface area (Å²) in [6, 6.07) is 16.5. The quantitative estimate of drug-likeness (QED) is 0.391. The SMILES string of the molecule is CCOC(=O)[C@H]1CCCN(C(=O)c2coc(CN(Cc3cccc(F)c3)[C@H](C)c3ccccc3)n2)C1. The van der Waals surface area contributed by atoms with E-state index in [2.05, 4.69) is 16.8 Å². The van der Waals surface area contributed by atoms with Crippen molar-refractivity contribution in [1.82, 2.24) is 14.8 Å². The molecule has 7 nitrogen and oxygen atoms in total. The Balaban J connectivity index is 1.48. The number of hydrogen-bond donors (Lipinski definition) is 0. The van der Waals surface area contributed by atoms with Gasteiger partial charge in [-0.3, -0.25) is 14.5 Å². The van der Waals surface area contributed by atoms with Gasteiger partial charge in [-0.15, -0.1) is 0 Å². The minimum atomic E-state index is -0.317. The largest absolute Gasteiger partial charge is 0.466 e. The second-order valence-electron chi connectivity index (χ2n) is 9.09. The van der Waals surface area contributed by atoms with Gasteiger partial charge in [0.15, 0.2) is 5.69 Å². The molecule has 1 saturated heterocycles. The number of rotatable bonds is 9. The number of hydrogen-bond acceptors (Lipinski definition) is 6.